The van der Waals surface area contributed by atoms with Gasteiger partial charge in [-0.25, -0.2) is 9.59 Å². The molecule has 0 amide bonds. The lowest BCUT2D eigenvalue weighted by Gasteiger charge is -2.08. The van der Waals surface area contributed by atoms with Crippen molar-refractivity contribution < 1.29 is 19.1 Å². The van der Waals surface area contributed by atoms with Gasteiger partial charge in [0.05, 0.1) is 37.0 Å². The molecule has 0 spiro atoms. The highest BCUT2D eigenvalue weighted by molar-refractivity contribution is 5.89. The molecule has 1 aliphatic rings. The summed E-state index contributed by atoms with van der Waals surface area (Å²) in [5.41, 5.74) is 8.54. The van der Waals surface area contributed by atoms with E-state index >= 15 is 0 Å². The van der Waals surface area contributed by atoms with Crippen LogP contribution in [0.5, 0.6) is 0 Å². The quantitative estimate of drug-likeness (QED) is 0.852. The summed E-state index contributed by atoms with van der Waals surface area (Å²) in [5.74, 6) is -0.696. The van der Waals surface area contributed by atoms with E-state index in [1.165, 1.54) is 14.2 Å². The molecule has 0 bridgehead atoms. The van der Waals surface area contributed by atoms with Crippen LogP contribution in [0.25, 0.3) is 0 Å². The van der Waals surface area contributed by atoms with Crippen LogP contribution in [0.2, 0.25) is 0 Å². The summed E-state index contributed by atoms with van der Waals surface area (Å²) in [4.78, 5) is 22.0. The van der Waals surface area contributed by atoms with E-state index in [-0.39, 0.29) is 17.5 Å². The van der Waals surface area contributed by atoms with Crippen LogP contribution >= 0.6 is 0 Å². The van der Waals surface area contributed by atoms with Crippen LogP contribution in [-0.2, 0) is 15.0 Å². The molecule has 1 aliphatic carbocycles. The van der Waals surface area contributed by atoms with Crippen LogP contribution in [-0.4, -0.2) is 26.2 Å². The third-order valence-corrected chi connectivity index (χ3v) is 4.10. The molecule has 26 heavy (non-hydrogen) atoms. The van der Waals surface area contributed by atoms with Gasteiger partial charge in [0.15, 0.2) is 0 Å². The Hall–Kier alpha value is -3.17. The lowest BCUT2D eigenvalue weighted by molar-refractivity contribution is 0.0592. The van der Waals surface area contributed by atoms with Gasteiger partial charge in [-0.3, -0.25) is 0 Å². The van der Waals surface area contributed by atoms with Crippen molar-refractivity contribution in [3.63, 3.8) is 0 Å². The maximum absolute atomic E-state index is 11.1. The molecule has 0 radical (unpaired) electrons. The van der Waals surface area contributed by atoms with Crippen LogP contribution in [0.15, 0.2) is 48.5 Å². The summed E-state index contributed by atoms with van der Waals surface area (Å²) in [5, 5.41) is 8.46. The monoisotopic (exact) mass is 352 g/mol. The van der Waals surface area contributed by atoms with E-state index in [1.54, 1.807) is 36.4 Å². The first-order valence-electron chi connectivity index (χ1n) is 8.00. The van der Waals surface area contributed by atoms with Gasteiger partial charge >= 0.3 is 11.9 Å². The Morgan fingerprint density at radius 2 is 1.35 bits per heavy atom. The van der Waals surface area contributed by atoms with Crippen LogP contribution in [0.4, 0.5) is 0 Å². The fraction of sp³-hybridized carbons (Fsp3) is 0.250. The van der Waals surface area contributed by atoms with Crippen molar-refractivity contribution >= 4 is 11.9 Å². The number of hydrogen-bond acceptors (Lipinski definition) is 6. The van der Waals surface area contributed by atoms with Gasteiger partial charge in [0.25, 0.3) is 0 Å². The van der Waals surface area contributed by atoms with E-state index in [4.69, 9.17) is 11.0 Å². The number of nitriles is 1. The fourth-order valence-corrected chi connectivity index (χ4v) is 2.28. The predicted octanol–water partition coefficient (Wildman–Crippen LogP) is 2.77. The summed E-state index contributed by atoms with van der Waals surface area (Å²) < 4.78 is 9.10. The second-order valence-corrected chi connectivity index (χ2v) is 5.91. The summed E-state index contributed by atoms with van der Waals surface area (Å²) in [6.45, 7) is 0. The molecular weight excluding hydrogens is 332 g/mol. The highest BCUT2D eigenvalue weighted by Crippen LogP contribution is 2.42. The highest BCUT2D eigenvalue weighted by Gasteiger charge is 2.39. The molecule has 1 fully saturated rings. The minimum Gasteiger partial charge on any atom is -0.465 e. The van der Waals surface area contributed by atoms with Crippen molar-refractivity contribution in [2.75, 3.05) is 14.2 Å². The number of rotatable bonds is 3. The first kappa shape index (κ1) is 19.2. The van der Waals surface area contributed by atoms with Gasteiger partial charge in [-0.2, -0.15) is 5.26 Å². The third-order valence-electron chi connectivity index (χ3n) is 4.10. The highest BCUT2D eigenvalue weighted by atomic mass is 16.5. The molecule has 0 unspecified atom stereocenters. The largest absolute Gasteiger partial charge is 0.465 e. The second-order valence-electron chi connectivity index (χ2n) is 5.91. The van der Waals surface area contributed by atoms with E-state index in [9.17, 15) is 9.59 Å². The summed E-state index contributed by atoms with van der Waals surface area (Å²) in [7, 11) is 2.70. The van der Waals surface area contributed by atoms with E-state index in [2.05, 4.69) is 9.47 Å². The standard InChI is InChI=1S/C11H13NO2.C9H7NO2/c1-14-10(13)8-2-4-9(5-3-8)11(12)6-7-11;1-12-9(11)8-4-2-7(6-10)3-5-8/h2-5H,6-7,12H2,1H3;2-5H,1H3. The molecular formula is C20H20N2O4. The lowest BCUT2D eigenvalue weighted by Crippen LogP contribution is -2.18. The molecule has 0 saturated heterocycles. The molecule has 134 valence electrons. The number of benzene rings is 2. The first-order chi connectivity index (χ1) is 12.4. The van der Waals surface area contributed by atoms with Gasteiger partial charge in [0, 0.05) is 5.54 Å². The van der Waals surface area contributed by atoms with Crippen molar-refractivity contribution in [3.05, 3.63) is 70.8 Å². The maximum Gasteiger partial charge on any atom is 0.337 e. The number of ether oxygens (including phenoxy) is 2. The SMILES string of the molecule is COC(=O)c1ccc(C#N)cc1.COC(=O)c1ccc(C2(N)CC2)cc1. The zero-order valence-corrected chi connectivity index (χ0v) is 14.7. The molecule has 0 heterocycles. The Labute approximate surface area is 152 Å². The number of hydrogen-bond donors (Lipinski definition) is 1. The van der Waals surface area contributed by atoms with Crippen LogP contribution < -0.4 is 5.73 Å². The Bertz CT molecular complexity index is 816. The van der Waals surface area contributed by atoms with Crippen LogP contribution in [0.1, 0.15) is 44.7 Å². The number of nitrogens with two attached hydrogens (primary N) is 1. The third kappa shape index (κ3) is 4.68. The molecule has 3 rings (SSSR count). The van der Waals surface area contributed by atoms with Gasteiger partial charge < -0.3 is 15.2 Å². The lowest BCUT2D eigenvalue weighted by atomic mass is 10.0. The predicted molar refractivity (Wildman–Crippen MR) is 95.4 cm³/mol. The Balaban J connectivity index is 0.000000190. The average molecular weight is 352 g/mol. The molecule has 2 aromatic carbocycles. The van der Waals surface area contributed by atoms with Crippen molar-refractivity contribution in [1.29, 1.82) is 5.26 Å². The van der Waals surface area contributed by atoms with Crippen LogP contribution in [0.3, 0.4) is 0 Å². The van der Waals surface area contributed by atoms with Crippen molar-refractivity contribution in [2.24, 2.45) is 5.73 Å². The smallest absolute Gasteiger partial charge is 0.337 e. The summed E-state index contributed by atoms with van der Waals surface area (Å²) in [6.07, 6.45) is 2.06. The molecule has 6 nitrogen and oxygen atoms in total. The Morgan fingerprint density at radius 1 is 0.923 bits per heavy atom. The Kier molecular flexibility index (Phi) is 6.10. The normalized spacial score (nSPS) is 13.5. The van der Waals surface area contributed by atoms with Crippen molar-refractivity contribution in [2.45, 2.75) is 18.4 Å². The summed E-state index contributed by atoms with van der Waals surface area (Å²) >= 11 is 0. The van der Waals surface area contributed by atoms with Crippen LogP contribution in [0, 0.1) is 11.3 Å². The zero-order valence-electron chi connectivity index (χ0n) is 14.7. The number of carbonyl (C=O) groups excluding carboxylic acids is 2. The second kappa shape index (κ2) is 8.28. The van der Waals surface area contributed by atoms with Gasteiger partial charge in [-0.05, 0) is 54.8 Å². The Morgan fingerprint density at radius 3 is 1.69 bits per heavy atom. The maximum atomic E-state index is 11.1. The minimum absolute atomic E-state index is 0.130. The molecule has 6 heteroatoms. The number of esters is 2. The van der Waals surface area contributed by atoms with E-state index < -0.39 is 0 Å². The first-order valence-corrected chi connectivity index (χ1v) is 8.00. The number of nitrogens with zero attached hydrogens (tertiary/aromatic N) is 1. The molecule has 0 atom stereocenters. The van der Waals surface area contributed by atoms with E-state index in [1.807, 2.05) is 18.2 Å². The van der Waals surface area contributed by atoms with Crippen molar-refractivity contribution in [3.8, 4) is 6.07 Å². The molecule has 1 saturated carbocycles. The summed E-state index contributed by atoms with van der Waals surface area (Å²) in [6, 6.07) is 15.6. The van der Waals surface area contributed by atoms with Gasteiger partial charge in [-0.15, -0.1) is 0 Å². The van der Waals surface area contributed by atoms with E-state index in [0.717, 1.165) is 18.4 Å². The molecule has 0 aliphatic heterocycles. The minimum atomic E-state index is -0.389. The number of methoxy groups -OCH3 is 2. The topological polar surface area (TPSA) is 102 Å². The fourth-order valence-electron chi connectivity index (χ4n) is 2.28. The van der Waals surface area contributed by atoms with Gasteiger partial charge in [0.1, 0.15) is 0 Å². The molecule has 0 aromatic heterocycles. The van der Waals surface area contributed by atoms with Crippen molar-refractivity contribution in [1.82, 2.24) is 0 Å². The van der Waals surface area contributed by atoms with Gasteiger partial charge in [0.2, 0.25) is 0 Å². The van der Waals surface area contributed by atoms with Gasteiger partial charge in [-0.1, -0.05) is 12.1 Å². The average Bonchev–Trinajstić information content (AvgIpc) is 3.46. The number of carbonyl (C=O) groups is 2. The molecule has 2 aromatic rings. The van der Waals surface area contributed by atoms with E-state index in [0.29, 0.717) is 16.7 Å². The zero-order chi connectivity index (χ0) is 19.2. The molecule has 2 N–H and O–H groups in total.